The number of thiophene rings is 1. The molecular weight excluding hydrogens is 287 g/mol. The van der Waals surface area contributed by atoms with Crippen molar-refractivity contribution in [3.63, 3.8) is 0 Å². The van der Waals surface area contributed by atoms with Crippen LogP contribution in [0.4, 0.5) is 4.39 Å². The summed E-state index contributed by atoms with van der Waals surface area (Å²) in [5.41, 5.74) is 6.79. The Balaban J connectivity index is 1.76. The zero-order valence-electron chi connectivity index (χ0n) is 11.9. The molecule has 21 heavy (non-hydrogen) atoms. The second-order valence-electron chi connectivity index (χ2n) is 5.12. The molecule has 0 spiro atoms. The Hall–Kier alpha value is -1.72. The second kappa shape index (κ2) is 7.33. The molecule has 0 aliphatic rings. The first-order valence-electron chi connectivity index (χ1n) is 6.89. The maximum Gasteiger partial charge on any atom is 0.249 e. The summed E-state index contributed by atoms with van der Waals surface area (Å²) in [6, 6.07) is 8.84. The zero-order chi connectivity index (χ0) is 15.2. The number of carbonyl (C=O) groups is 1. The number of rotatable bonds is 7. The molecule has 0 unspecified atom stereocenters. The highest BCUT2D eigenvalue weighted by Gasteiger charge is 2.07. The molecule has 1 aromatic heterocycles. The van der Waals surface area contributed by atoms with E-state index >= 15 is 0 Å². The van der Waals surface area contributed by atoms with E-state index in [1.165, 1.54) is 17.4 Å². The molecule has 2 rings (SSSR count). The van der Waals surface area contributed by atoms with Crippen LogP contribution < -0.4 is 11.1 Å². The third-order valence-electron chi connectivity index (χ3n) is 3.32. The highest BCUT2D eigenvalue weighted by molar-refractivity contribution is 7.10. The Morgan fingerprint density at radius 1 is 1.43 bits per heavy atom. The van der Waals surface area contributed by atoms with E-state index in [2.05, 4.69) is 12.2 Å². The van der Waals surface area contributed by atoms with Crippen molar-refractivity contribution in [2.24, 2.45) is 5.73 Å². The summed E-state index contributed by atoms with van der Waals surface area (Å²) in [5, 5.41) is 5.18. The van der Waals surface area contributed by atoms with Gasteiger partial charge in [0.1, 0.15) is 5.82 Å². The Labute approximate surface area is 128 Å². The average molecular weight is 306 g/mol. The minimum Gasteiger partial charge on any atom is -0.366 e. The molecule has 0 saturated heterocycles. The number of aryl methyl sites for hydroxylation is 1. The van der Waals surface area contributed by atoms with Crippen molar-refractivity contribution >= 4 is 17.2 Å². The van der Waals surface area contributed by atoms with Crippen molar-refractivity contribution in [2.75, 3.05) is 0 Å². The first-order chi connectivity index (χ1) is 10.0. The van der Waals surface area contributed by atoms with Gasteiger partial charge in [-0.15, -0.1) is 11.3 Å². The van der Waals surface area contributed by atoms with Crippen molar-refractivity contribution in [3.8, 4) is 0 Å². The van der Waals surface area contributed by atoms with Gasteiger partial charge in [-0.05, 0) is 43.5 Å². The van der Waals surface area contributed by atoms with E-state index in [0.29, 0.717) is 18.2 Å². The van der Waals surface area contributed by atoms with Crippen molar-refractivity contribution in [1.82, 2.24) is 5.32 Å². The van der Waals surface area contributed by atoms with Crippen LogP contribution in [0.25, 0.3) is 0 Å². The van der Waals surface area contributed by atoms with Crippen molar-refractivity contribution < 1.29 is 9.18 Å². The van der Waals surface area contributed by atoms with Gasteiger partial charge in [-0.2, -0.15) is 0 Å². The summed E-state index contributed by atoms with van der Waals surface area (Å²) in [6.07, 6.45) is 1.76. The minimum atomic E-state index is -0.392. The SMILES string of the molecule is C[C@@H](CCc1cccc(F)c1)NCc1cc(C(N)=O)cs1. The molecule has 0 fully saturated rings. The van der Waals surface area contributed by atoms with Gasteiger partial charge in [-0.3, -0.25) is 4.79 Å². The molecule has 3 nitrogen and oxygen atoms in total. The molecule has 0 aliphatic heterocycles. The molecular formula is C16H19FN2OS. The van der Waals surface area contributed by atoms with Crippen LogP contribution in [0.1, 0.15) is 34.1 Å². The maximum absolute atomic E-state index is 13.1. The van der Waals surface area contributed by atoms with E-state index in [1.54, 1.807) is 17.5 Å². The van der Waals surface area contributed by atoms with Gasteiger partial charge in [0.05, 0.1) is 5.56 Å². The fourth-order valence-corrected chi connectivity index (χ4v) is 2.88. The van der Waals surface area contributed by atoms with Crippen molar-refractivity contribution in [3.05, 3.63) is 57.5 Å². The number of carbonyl (C=O) groups excluding carboxylic acids is 1. The van der Waals surface area contributed by atoms with Gasteiger partial charge in [-0.1, -0.05) is 12.1 Å². The average Bonchev–Trinajstić information content (AvgIpc) is 2.92. The Morgan fingerprint density at radius 2 is 2.24 bits per heavy atom. The Kier molecular flexibility index (Phi) is 5.47. The van der Waals surface area contributed by atoms with Crippen LogP contribution in [0.3, 0.4) is 0 Å². The molecule has 1 atom stereocenters. The monoisotopic (exact) mass is 306 g/mol. The molecule has 5 heteroatoms. The van der Waals surface area contributed by atoms with Crippen LogP contribution in [0.2, 0.25) is 0 Å². The summed E-state index contributed by atoms with van der Waals surface area (Å²) < 4.78 is 13.1. The van der Waals surface area contributed by atoms with Gasteiger partial charge in [0, 0.05) is 22.8 Å². The largest absolute Gasteiger partial charge is 0.366 e. The van der Waals surface area contributed by atoms with Gasteiger partial charge in [0.2, 0.25) is 5.91 Å². The lowest BCUT2D eigenvalue weighted by molar-refractivity contribution is 0.100. The molecule has 1 aromatic carbocycles. The van der Waals surface area contributed by atoms with Crippen LogP contribution in [0, 0.1) is 5.82 Å². The van der Waals surface area contributed by atoms with Crippen molar-refractivity contribution in [1.29, 1.82) is 0 Å². The molecule has 0 saturated carbocycles. The lowest BCUT2D eigenvalue weighted by Gasteiger charge is -2.13. The molecule has 0 radical (unpaired) electrons. The number of benzene rings is 1. The first-order valence-corrected chi connectivity index (χ1v) is 7.77. The summed E-state index contributed by atoms with van der Waals surface area (Å²) in [4.78, 5) is 12.1. The first kappa shape index (κ1) is 15.7. The van der Waals surface area contributed by atoms with Crippen molar-refractivity contribution in [2.45, 2.75) is 32.4 Å². The fourth-order valence-electron chi connectivity index (χ4n) is 2.06. The lowest BCUT2D eigenvalue weighted by Crippen LogP contribution is -2.25. The van der Waals surface area contributed by atoms with E-state index in [1.807, 2.05) is 12.1 Å². The molecule has 0 aliphatic carbocycles. The predicted molar refractivity (Wildman–Crippen MR) is 83.9 cm³/mol. The normalized spacial score (nSPS) is 12.3. The fraction of sp³-hybridized carbons (Fsp3) is 0.312. The van der Waals surface area contributed by atoms with Crippen LogP contribution in [0.5, 0.6) is 0 Å². The summed E-state index contributed by atoms with van der Waals surface area (Å²) >= 11 is 1.52. The smallest absolute Gasteiger partial charge is 0.249 e. The number of hydrogen-bond donors (Lipinski definition) is 2. The van der Waals surface area contributed by atoms with E-state index in [-0.39, 0.29) is 5.82 Å². The third kappa shape index (κ3) is 4.95. The van der Waals surface area contributed by atoms with Gasteiger partial charge in [0.25, 0.3) is 0 Å². The lowest BCUT2D eigenvalue weighted by atomic mass is 10.1. The van der Waals surface area contributed by atoms with E-state index in [9.17, 15) is 9.18 Å². The number of amides is 1. The van der Waals surface area contributed by atoms with Gasteiger partial charge in [-0.25, -0.2) is 4.39 Å². The Morgan fingerprint density at radius 3 is 2.90 bits per heavy atom. The third-order valence-corrected chi connectivity index (χ3v) is 4.25. The molecule has 3 N–H and O–H groups in total. The molecule has 1 amide bonds. The second-order valence-corrected chi connectivity index (χ2v) is 6.11. The van der Waals surface area contributed by atoms with Gasteiger partial charge in [0.15, 0.2) is 0 Å². The van der Waals surface area contributed by atoms with E-state index < -0.39 is 5.91 Å². The quantitative estimate of drug-likeness (QED) is 0.826. The van der Waals surface area contributed by atoms with Crippen LogP contribution in [-0.4, -0.2) is 11.9 Å². The number of primary amides is 1. The number of halogens is 1. The summed E-state index contributed by atoms with van der Waals surface area (Å²) in [7, 11) is 0. The molecule has 112 valence electrons. The summed E-state index contributed by atoms with van der Waals surface area (Å²) in [5.74, 6) is -0.581. The number of hydrogen-bond acceptors (Lipinski definition) is 3. The van der Waals surface area contributed by atoms with Crippen LogP contribution in [0.15, 0.2) is 35.7 Å². The molecule has 2 aromatic rings. The Bertz CT molecular complexity index is 612. The van der Waals surface area contributed by atoms with Gasteiger partial charge >= 0.3 is 0 Å². The molecule has 1 heterocycles. The zero-order valence-corrected chi connectivity index (χ0v) is 12.8. The van der Waals surface area contributed by atoms with E-state index in [4.69, 9.17) is 5.73 Å². The van der Waals surface area contributed by atoms with Gasteiger partial charge < -0.3 is 11.1 Å². The minimum absolute atomic E-state index is 0.189. The standard InChI is InChI=1S/C16H19FN2OS/c1-11(5-6-12-3-2-4-14(17)7-12)19-9-15-8-13(10-21-15)16(18)20/h2-4,7-8,10-11,19H,5-6,9H2,1H3,(H2,18,20)/t11-/m0/s1. The topological polar surface area (TPSA) is 55.1 Å². The van der Waals surface area contributed by atoms with Crippen LogP contribution in [-0.2, 0) is 13.0 Å². The highest BCUT2D eigenvalue weighted by atomic mass is 32.1. The van der Waals surface area contributed by atoms with E-state index in [0.717, 1.165) is 23.3 Å². The maximum atomic E-state index is 13.1. The van der Waals surface area contributed by atoms with Crippen LogP contribution >= 0.6 is 11.3 Å². The highest BCUT2D eigenvalue weighted by Crippen LogP contribution is 2.14. The summed E-state index contributed by atoms with van der Waals surface area (Å²) in [6.45, 7) is 2.81. The predicted octanol–water partition coefficient (Wildman–Crippen LogP) is 3.10. The number of nitrogens with one attached hydrogen (secondary N) is 1. The number of nitrogens with two attached hydrogens (primary N) is 1. The molecule has 0 bridgehead atoms.